The lowest BCUT2D eigenvalue weighted by Gasteiger charge is -2.30. The van der Waals surface area contributed by atoms with E-state index in [1.165, 1.54) is 6.07 Å². The maximum Gasteiger partial charge on any atom is 0.391 e. The second-order valence-corrected chi connectivity index (χ2v) is 7.65. The molecule has 0 amide bonds. The van der Waals surface area contributed by atoms with Crippen molar-refractivity contribution in [1.82, 2.24) is 0 Å². The molecule has 1 aromatic rings. The predicted octanol–water partition coefficient (Wildman–Crippen LogP) is 2.07. The van der Waals surface area contributed by atoms with Gasteiger partial charge in [0.25, 0.3) is 0 Å². The number of fused-ring (bicyclic) bond motifs is 1. The van der Waals surface area contributed by atoms with Crippen LogP contribution in [0.2, 0.25) is 0 Å². The van der Waals surface area contributed by atoms with Gasteiger partial charge in [-0.3, -0.25) is 18.9 Å². The molecule has 1 aromatic carbocycles. The van der Waals surface area contributed by atoms with Crippen molar-refractivity contribution in [1.29, 1.82) is 0 Å². The van der Waals surface area contributed by atoms with Crippen LogP contribution in [0, 0.1) is 0 Å². The van der Waals surface area contributed by atoms with E-state index < -0.39 is 31.4 Å². The third-order valence-corrected chi connectivity index (χ3v) is 5.63. The van der Waals surface area contributed by atoms with E-state index in [9.17, 15) is 18.9 Å². The normalized spacial score (nSPS) is 19.7. The zero-order valence-corrected chi connectivity index (χ0v) is 15.5. The summed E-state index contributed by atoms with van der Waals surface area (Å²) >= 11 is 0. The van der Waals surface area contributed by atoms with E-state index in [0.29, 0.717) is 5.56 Å². The van der Waals surface area contributed by atoms with Gasteiger partial charge in [0, 0.05) is 28.7 Å². The van der Waals surface area contributed by atoms with Gasteiger partial charge in [0.2, 0.25) is 0 Å². The second-order valence-electron chi connectivity index (χ2n) is 5.81. The molecule has 2 aliphatic rings. The SMILES string of the molecule is COOP(=O)(CC(=O)C1OCCC2=C1C(=O)c1ccccc1C2=O)OOC. The first kappa shape index (κ1) is 19.8. The second kappa shape index (κ2) is 7.93. The van der Waals surface area contributed by atoms with Crippen LogP contribution < -0.4 is 0 Å². The summed E-state index contributed by atoms with van der Waals surface area (Å²) in [7, 11) is -1.90. The van der Waals surface area contributed by atoms with Crippen LogP contribution in [0.1, 0.15) is 27.1 Å². The molecule has 0 bridgehead atoms. The highest BCUT2D eigenvalue weighted by Gasteiger charge is 2.44. The highest BCUT2D eigenvalue weighted by molar-refractivity contribution is 7.54. The Morgan fingerprint density at radius 3 is 2.30 bits per heavy atom. The van der Waals surface area contributed by atoms with Gasteiger partial charge in [0.05, 0.1) is 20.8 Å². The van der Waals surface area contributed by atoms with E-state index >= 15 is 0 Å². The highest BCUT2D eigenvalue weighted by atomic mass is 31.2. The third-order valence-electron chi connectivity index (χ3n) is 4.18. The molecule has 9 nitrogen and oxygen atoms in total. The van der Waals surface area contributed by atoms with Crippen LogP contribution in [-0.2, 0) is 33.2 Å². The Bertz CT molecular complexity index is 863. The minimum atomic E-state index is -4.08. The molecule has 1 aliphatic carbocycles. The van der Waals surface area contributed by atoms with Gasteiger partial charge in [-0.15, -0.1) is 9.35 Å². The maximum atomic E-state index is 12.9. The minimum absolute atomic E-state index is 0.0312. The number of hydrogen-bond acceptors (Lipinski definition) is 9. The lowest BCUT2D eigenvalue weighted by atomic mass is 9.79. The first-order chi connectivity index (χ1) is 12.9. The van der Waals surface area contributed by atoms with Crippen molar-refractivity contribution in [3.8, 4) is 0 Å². The Morgan fingerprint density at radius 1 is 1.11 bits per heavy atom. The fourth-order valence-corrected chi connectivity index (χ4v) is 4.29. The standard InChI is InChI=1S/C17H17O9P/c1-22-25-27(21,26-23-2)9-13(18)17-14-12(7-8-24-17)15(19)10-5-3-4-6-11(10)16(14)20/h3-6,17H,7-9H2,1-2H3. The fraction of sp³-hybridized carbons (Fsp3) is 0.353. The Hall–Kier alpha value is -2.00. The first-order valence-electron chi connectivity index (χ1n) is 8.01. The van der Waals surface area contributed by atoms with E-state index in [1.54, 1.807) is 18.2 Å². The molecule has 0 saturated heterocycles. The van der Waals surface area contributed by atoms with Crippen molar-refractivity contribution in [3.05, 3.63) is 46.5 Å². The Morgan fingerprint density at radius 2 is 1.70 bits per heavy atom. The van der Waals surface area contributed by atoms with Crippen LogP contribution in [0.25, 0.3) is 0 Å². The Balaban J connectivity index is 1.95. The molecule has 0 spiro atoms. The highest BCUT2D eigenvalue weighted by Crippen LogP contribution is 2.49. The lowest BCUT2D eigenvalue weighted by Crippen LogP contribution is -2.40. The Labute approximate surface area is 154 Å². The molecule has 10 heteroatoms. The van der Waals surface area contributed by atoms with Crippen molar-refractivity contribution in [3.63, 3.8) is 0 Å². The summed E-state index contributed by atoms with van der Waals surface area (Å²) in [5.41, 5.74) is 0.703. The Kier molecular flexibility index (Phi) is 5.81. The largest absolute Gasteiger partial charge is 0.391 e. The van der Waals surface area contributed by atoms with Crippen LogP contribution in [0.15, 0.2) is 35.4 Å². The number of carbonyl (C=O) groups excluding carboxylic acids is 3. The average molecular weight is 396 g/mol. The van der Waals surface area contributed by atoms with Gasteiger partial charge in [-0.1, -0.05) is 24.3 Å². The number of rotatable bonds is 7. The summed E-state index contributed by atoms with van der Waals surface area (Å²) in [6.07, 6.45) is -1.91. The molecule has 1 unspecified atom stereocenters. The van der Waals surface area contributed by atoms with Gasteiger partial charge in [0.15, 0.2) is 17.3 Å². The van der Waals surface area contributed by atoms with Crippen molar-refractivity contribution in [2.75, 3.05) is 27.0 Å². The fourth-order valence-electron chi connectivity index (χ4n) is 3.15. The molecule has 27 heavy (non-hydrogen) atoms. The van der Waals surface area contributed by atoms with E-state index in [2.05, 4.69) is 19.1 Å². The number of ketones is 3. The average Bonchev–Trinajstić information content (AvgIpc) is 2.65. The van der Waals surface area contributed by atoms with Gasteiger partial charge < -0.3 is 4.74 Å². The molecule has 0 fully saturated rings. The van der Waals surface area contributed by atoms with Gasteiger partial charge in [-0.25, -0.2) is 9.78 Å². The van der Waals surface area contributed by atoms with Crippen molar-refractivity contribution < 1.29 is 42.8 Å². The summed E-state index contributed by atoms with van der Waals surface area (Å²) in [6.45, 7) is 0.0665. The first-order valence-corrected chi connectivity index (χ1v) is 9.74. The van der Waals surface area contributed by atoms with Gasteiger partial charge in [0.1, 0.15) is 12.3 Å². The summed E-state index contributed by atoms with van der Waals surface area (Å²) in [6, 6.07) is 6.38. The number of Topliss-reactive ketones (excluding diaryl/α,β-unsaturated/α-hetero) is 3. The van der Waals surface area contributed by atoms with E-state index in [1.807, 2.05) is 0 Å². The molecule has 0 N–H and O–H groups in total. The molecule has 1 atom stereocenters. The quantitative estimate of drug-likeness (QED) is 0.388. The summed E-state index contributed by atoms with van der Waals surface area (Å²) < 4.78 is 27.0. The lowest BCUT2D eigenvalue weighted by molar-refractivity contribution is -0.242. The van der Waals surface area contributed by atoms with Crippen LogP contribution in [0.5, 0.6) is 0 Å². The van der Waals surface area contributed by atoms with Gasteiger partial charge in [-0.2, -0.15) is 0 Å². The van der Waals surface area contributed by atoms with E-state index in [0.717, 1.165) is 14.2 Å². The molecule has 0 aromatic heterocycles. The van der Waals surface area contributed by atoms with Gasteiger partial charge >= 0.3 is 7.60 Å². The smallest absolute Gasteiger partial charge is 0.365 e. The number of hydrogen-bond donors (Lipinski definition) is 0. The van der Waals surface area contributed by atoms with Crippen molar-refractivity contribution in [2.24, 2.45) is 0 Å². The molecule has 1 aliphatic heterocycles. The monoisotopic (exact) mass is 396 g/mol. The summed E-state index contributed by atoms with van der Waals surface area (Å²) in [5.74, 6) is -1.53. The molecule has 3 rings (SSSR count). The number of ether oxygens (including phenoxy) is 1. The topological polar surface area (TPSA) is 114 Å². The predicted molar refractivity (Wildman–Crippen MR) is 90.2 cm³/mol. The van der Waals surface area contributed by atoms with Crippen LogP contribution in [0.3, 0.4) is 0 Å². The van der Waals surface area contributed by atoms with E-state index in [-0.39, 0.29) is 35.5 Å². The molecule has 0 radical (unpaired) electrons. The van der Waals surface area contributed by atoms with Crippen LogP contribution >= 0.6 is 7.60 Å². The molecule has 1 heterocycles. The third kappa shape index (κ3) is 3.70. The number of benzene rings is 1. The number of carbonyl (C=O) groups is 3. The van der Waals surface area contributed by atoms with Crippen LogP contribution in [-0.4, -0.2) is 50.4 Å². The van der Waals surface area contributed by atoms with E-state index in [4.69, 9.17) is 4.74 Å². The molecule has 144 valence electrons. The summed E-state index contributed by atoms with van der Waals surface area (Å²) in [4.78, 5) is 47.0. The molecule has 0 saturated carbocycles. The van der Waals surface area contributed by atoms with Crippen LogP contribution in [0.4, 0.5) is 0 Å². The molecular weight excluding hydrogens is 379 g/mol. The minimum Gasteiger partial charge on any atom is -0.365 e. The van der Waals surface area contributed by atoms with Crippen molar-refractivity contribution >= 4 is 24.9 Å². The van der Waals surface area contributed by atoms with Crippen molar-refractivity contribution in [2.45, 2.75) is 12.5 Å². The summed E-state index contributed by atoms with van der Waals surface area (Å²) in [5, 5.41) is 0. The maximum absolute atomic E-state index is 12.9. The zero-order valence-electron chi connectivity index (χ0n) is 14.6. The molecular formula is C17H17O9P. The van der Waals surface area contributed by atoms with Gasteiger partial charge in [-0.05, 0) is 0 Å². The zero-order chi connectivity index (χ0) is 19.6.